The first kappa shape index (κ1) is 10.4. The molecular weight excluding hydrogens is 182 g/mol. The van der Waals surface area contributed by atoms with Crippen LogP contribution in [0, 0.1) is 11.8 Å². The lowest BCUT2D eigenvalue weighted by molar-refractivity contribution is 0.598. The molecule has 0 heterocycles. The molecule has 3 nitrogen and oxygen atoms in total. The van der Waals surface area contributed by atoms with E-state index in [1.807, 2.05) is 6.21 Å². The normalized spacial score (nSPS) is 27.8. The van der Waals surface area contributed by atoms with Gasteiger partial charge in [0.25, 0.3) is 0 Å². The van der Waals surface area contributed by atoms with Crippen LogP contribution in [0.3, 0.4) is 0 Å². The third-order valence-electron chi connectivity index (χ3n) is 2.41. The summed E-state index contributed by atoms with van der Waals surface area (Å²) in [6, 6.07) is 0. The Labute approximate surface area is 85.0 Å². The summed E-state index contributed by atoms with van der Waals surface area (Å²) in [7, 11) is 1.78. The summed E-state index contributed by atoms with van der Waals surface area (Å²) in [5.41, 5.74) is 2.76. The van der Waals surface area contributed by atoms with Crippen molar-refractivity contribution >= 4 is 23.5 Å². The second-order valence-electron chi connectivity index (χ2n) is 3.65. The van der Waals surface area contributed by atoms with E-state index in [0.717, 1.165) is 5.92 Å². The standard InChI is InChI=1S/C9H17N3S/c1-7-3-4-8(5-7)6-11-12-9(13)10-2/h6-8H,3-5H2,1-2H3,(H2,10,12,13)/b11-6+. The highest BCUT2D eigenvalue weighted by Gasteiger charge is 2.19. The number of rotatable bonds is 2. The number of nitrogens with zero attached hydrogens (tertiary/aromatic N) is 1. The molecule has 74 valence electrons. The maximum Gasteiger partial charge on any atom is 0.186 e. The van der Waals surface area contributed by atoms with Crippen molar-refractivity contribution in [3.05, 3.63) is 0 Å². The van der Waals surface area contributed by atoms with E-state index < -0.39 is 0 Å². The third kappa shape index (κ3) is 3.72. The van der Waals surface area contributed by atoms with Crippen LogP contribution in [0.2, 0.25) is 0 Å². The second kappa shape index (κ2) is 5.17. The average molecular weight is 199 g/mol. The van der Waals surface area contributed by atoms with Crippen molar-refractivity contribution in [3.63, 3.8) is 0 Å². The zero-order valence-corrected chi connectivity index (χ0v) is 9.03. The average Bonchev–Trinajstić information content (AvgIpc) is 2.51. The molecule has 1 rings (SSSR count). The van der Waals surface area contributed by atoms with Gasteiger partial charge in [-0.15, -0.1) is 0 Å². The van der Waals surface area contributed by atoms with Crippen molar-refractivity contribution < 1.29 is 0 Å². The molecule has 0 saturated heterocycles. The van der Waals surface area contributed by atoms with Crippen LogP contribution in [-0.4, -0.2) is 18.4 Å². The van der Waals surface area contributed by atoms with E-state index >= 15 is 0 Å². The minimum atomic E-state index is 0.572. The van der Waals surface area contributed by atoms with Crippen molar-refractivity contribution in [1.82, 2.24) is 10.7 Å². The van der Waals surface area contributed by atoms with Crippen LogP contribution in [0.1, 0.15) is 26.2 Å². The topological polar surface area (TPSA) is 36.4 Å². The van der Waals surface area contributed by atoms with E-state index in [9.17, 15) is 0 Å². The Morgan fingerprint density at radius 2 is 2.31 bits per heavy atom. The molecule has 0 aromatic carbocycles. The van der Waals surface area contributed by atoms with Gasteiger partial charge in [0.1, 0.15) is 0 Å². The quantitative estimate of drug-likeness (QED) is 0.402. The maximum atomic E-state index is 4.88. The van der Waals surface area contributed by atoms with E-state index in [0.29, 0.717) is 11.0 Å². The van der Waals surface area contributed by atoms with Gasteiger partial charge in [0.2, 0.25) is 0 Å². The number of hydrogen-bond acceptors (Lipinski definition) is 2. The molecule has 0 amide bonds. The molecule has 1 saturated carbocycles. The van der Waals surface area contributed by atoms with E-state index in [1.54, 1.807) is 7.05 Å². The van der Waals surface area contributed by atoms with Crippen LogP contribution in [-0.2, 0) is 0 Å². The Bertz CT molecular complexity index is 203. The number of hydrogen-bond donors (Lipinski definition) is 2. The van der Waals surface area contributed by atoms with Gasteiger partial charge in [-0.25, -0.2) is 0 Å². The minimum absolute atomic E-state index is 0.572. The van der Waals surface area contributed by atoms with Crippen molar-refractivity contribution in [2.45, 2.75) is 26.2 Å². The monoisotopic (exact) mass is 199 g/mol. The molecule has 0 aromatic rings. The zero-order valence-electron chi connectivity index (χ0n) is 8.21. The molecule has 2 unspecified atom stereocenters. The van der Waals surface area contributed by atoms with Crippen LogP contribution in [0.25, 0.3) is 0 Å². The summed E-state index contributed by atoms with van der Waals surface area (Å²) in [5.74, 6) is 1.50. The predicted molar refractivity (Wildman–Crippen MR) is 59.8 cm³/mol. The largest absolute Gasteiger partial charge is 0.364 e. The number of nitrogens with one attached hydrogen (secondary N) is 2. The van der Waals surface area contributed by atoms with Crippen molar-refractivity contribution in [2.75, 3.05) is 7.05 Å². The molecule has 2 atom stereocenters. The molecule has 0 bridgehead atoms. The Morgan fingerprint density at radius 3 is 2.85 bits per heavy atom. The van der Waals surface area contributed by atoms with E-state index in [2.05, 4.69) is 22.8 Å². The Balaban J connectivity index is 2.20. The highest BCUT2D eigenvalue weighted by atomic mass is 32.1. The van der Waals surface area contributed by atoms with Crippen LogP contribution in [0.5, 0.6) is 0 Å². The lowest BCUT2D eigenvalue weighted by Crippen LogP contribution is -2.28. The van der Waals surface area contributed by atoms with Crippen molar-refractivity contribution in [1.29, 1.82) is 0 Å². The molecule has 2 N–H and O–H groups in total. The number of hydrazone groups is 1. The minimum Gasteiger partial charge on any atom is -0.364 e. The van der Waals surface area contributed by atoms with Crippen LogP contribution in [0.15, 0.2) is 5.10 Å². The van der Waals surface area contributed by atoms with Gasteiger partial charge in [0, 0.05) is 13.3 Å². The summed E-state index contributed by atoms with van der Waals surface area (Å²) < 4.78 is 0. The molecule has 1 aliphatic carbocycles. The molecule has 1 fully saturated rings. The maximum absolute atomic E-state index is 4.88. The summed E-state index contributed by atoms with van der Waals surface area (Å²) in [6.45, 7) is 2.29. The van der Waals surface area contributed by atoms with Gasteiger partial charge in [-0.3, -0.25) is 5.43 Å². The van der Waals surface area contributed by atoms with Gasteiger partial charge in [0.15, 0.2) is 5.11 Å². The van der Waals surface area contributed by atoms with E-state index in [-0.39, 0.29) is 0 Å². The van der Waals surface area contributed by atoms with Gasteiger partial charge in [-0.05, 0) is 36.9 Å². The first-order chi connectivity index (χ1) is 6.22. The smallest absolute Gasteiger partial charge is 0.186 e. The van der Waals surface area contributed by atoms with Gasteiger partial charge >= 0.3 is 0 Å². The zero-order chi connectivity index (χ0) is 9.68. The molecule has 0 radical (unpaired) electrons. The Hall–Kier alpha value is -0.640. The van der Waals surface area contributed by atoms with E-state index in [4.69, 9.17) is 12.2 Å². The lowest BCUT2D eigenvalue weighted by Gasteiger charge is -2.03. The SMILES string of the molecule is CNC(=S)N/N=C/C1CCC(C)C1. The fourth-order valence-corrected chi connectivity index (χ4v) is 1.70. The Kier molecular flexibility index (Phi) is 4.15. The van der Waals surface area contributed by atoms with Crippen LogP contribution in [0.4, 0.5) is 0 Å². The summed E-state index contributed by atoms with van der Waals surface area (Å²) in [4.78, 5) is 0. The highest BCUT2D eigenvalue weighted by molar-refractivity contribution is 7.80. The third-order valence-corrected chi connectivity index (χ3v) is 2.71. The van der Waals surface area contributed by atoms with Gasteiger partial charge < -0.3 is 5.32 Å². The first-order valence-electron chi connectivity index (χ1n) is 4.73. The molecule has 4 heteroatoms. The highest BCUT2D eigenvalue weighted by Crippen LogP contribution is 2.28. The van der Waals surface area contributed by atoms with Gasteiger partial charge in [-0.1, -0.05) is 13.3 Å². The number of thiocarbonyl (C=S) groups is 1. The fourth-order valence-electron chi connectivity index (χ4n) is 1.64. The molecular formula is C9H17N3S. The Morgan fingerprint density at radius 1 is 1.54 bits per heavy atom. The molecule has 0 aromatic heterocycles. The first-order valence-corrected chi connectivity index (χ1v) is 5.14. The van der Waals surface area contributed by atoms with Crippen molar-refractivity contribution in [3.8, 4) is 0 Å². The fraction of sp³-hybridized carbons (Fsp3) is 0.778. The van der Waals surface area contributed by atoms with Crippen LogP contribution >= 0.6 is 12.2 Å². The lowest BCUT2D eigenvalue weighted by atomic mass is 10.1. The van der Waals surface area contributed by atoms with E-state index in [1.165, 1.54) is 19.3 Å². The molecule has 0 spiro atoms. The van der Waals surface area contributed by atoms with Crippen LogP contribution < -0.4 is 10.7 Å². The molecule has 0 aliphatic heterocycles. The summed E-state index contributed by atoms with van der Waals surface area (Å²) >= 11 is 4.88. The van der Waals surface area contributed by atoms with Gasteiger partial charge in [0.05, 0.1) is 0 Å². The summed E-state index contributed by atoms with van der Waals surface area (Å²) in [6.07, 6.45) is 5.83. The second-order valence-corrected chi connectivity index (χ2v) is 4.06. The molecule has 1 aliphatic rings. The predicted octanol–water partition coefficient (Wildman–Crippen LogP) is 1.50. The molecule has 13 heavy (non-hydrogen) atoms. The van der Waals surface area contributed by atoms with Gasteiger partial charge in [-0.2, -0.15) is 5.10 Å². The summed E-state index contributed by atoms with van der Waals surface area (Å²) in [5, 5.41) is 7.46. The van der Waals surface area contributed by atoms with Crippen molar-refractivity contribution in [2.24, 2.45) is 16.9 Å².